The third-order valence-corrected chi connectivity index (χ3v) is 10.0. The van der Waals surface area contributed by atoms with Crippen LogP contribution in [0, 0.1) is 0 Å². The topological polar surface area (TPSA) is 45.5 Å². The molecule has 1 unspecified atom stereocenters. The Balaban J connectivity index is 1.43. The van der Waals surface area contributed by atoms with Gasteiger partial charge in [0.1, 0.15) is 0 Å². The normalized spacial score (nSPS) is 15.2. The molecule has 8 rings (SSSR count). The first-order valence-corrected chi connectivity index (χ1v) is 17.0. The molecule has 0 fully saturated rings. The summed E-state index contributed by atoms with van der Waals surface area (Å²) in [6, 6.07) is 22.2. The van der Waals surface area contributed by atoms with Gasteiger partial charge in [-0.3, -0.25) is 9.69 Å². The molecule has 4 nitrogen and oxygen atoms in total. The number of aromatic nitrogens is 1. The van der Waals surface area contributed by atoms with E-state index in [2.05, 4.69) is 0 Å². The second-order valence-corrected chi connectivity index (χ2v) is 13.4. The Bertz CT molecular complexity index is 2650. The van der Waals surface area contributed by atoms with Gasteiger partial charge in [-0.1, -0.05) is 60.7 Å². The Morgan fingerprint density at radius 3 is 1.41 bits per heavy atom. The van der Waals surface area contributed by atoms with Crippen molar-refractivity contribution in [2.24, 2.45) is 0 Å². The van der Waals surface area contributed by atoms with E-state index >= 15 is 0 Å². The molecule has 1 aromatic heterocycles. The minimum Gasteiger partial charge on any atom is -0.369 e. The SMILES string of the molecule is O=C1c2cccc(-n3c4cc(-c5ccc(C(F)(F)F)cc5C(F)(F)F)ccc4c4ccc(-c5ccc(C(F)(F)F)cc5C(F)(F)F)cc43)c2C(O)N1c1ccccc1. The van der Waals surface area contributed by atoms with Crippen LogP contribution in [0.5, 0.6) is 0 Å². The number of amides is 1. The summed E-state index contributed by atoms with van der Waals surface area (Å²) in [6.07, 6.45) is -22.4. The first-order valence-electron chi connectivity index (χ1n) is 17.0. The number of aliphatic hydroxyl groups is 1. The fourth-order valence-corrected chi connectivity index (χ4v) is 7.45. The van der Waals surface area contributed by atoms with E-state index in [-0.39, 0.29) is 67.6 Å². The molecule has 16 heteroatoms. The number of anilines is 1. The number of fused-ring (bicyclic) bond motifs is 4. The van der Waals surface area contributed by atoms with Crippen molar-refractivity contribution >= 4 is 33.4 Å². The van der Waals surface area contributed by atoms with Gasteiger partial charge in [0, 0.05) is 27.6 Å². The molecule has 0 aliphatic carbocycles. The van der Waals surface area contributed by atoms with Gasteiger partial charge < -0.3 is 9.67 Å². The van der Waals surface area contributed by atoms with E-state index in [0.717, 1.165) is 4.90 Å². The minimum atomic E-state index is -5.25. The van der Waals surface area contributed by atoms with Crippen LogP contribution in [-0.4, -0.2) is 15.6 Å². The number of halogens is 12. The summed E-state index contributed by atoms with van der Waals surface area (Å²) in [5, 5.41) is 12.3. The van der Waals surface area contributed by atoms with Crippen molar-refractivity contribution < 1.29 is 62.6 Å². The van der Waals surface area contributed by atoms with E-state index in [4.69, 9.17) is 0 Å². The zero-order chi connectivity index (χ0) is 41.7. The second kappa shape index (κ2) is 13.1. The van der Waals surface area contributed by atoms with Crippen molar-refractivity contribution in [3.8, 4) is 27.9 Å². The highest BCUT2D eigenvalue weighted by atomic mass is 19.4. The Kier molecular flexibility index (Phi) is 8.73. The molecule has 1 aliphatic heterocycles. The molecule has 1 amide bonds. The van der Waals surface area contributed by atoms with Gasteiger partial charge in [0.25, 0.3) is 5.91 Å². The van der Waals surface area contributed by atoms with E-state index in [9.17, 15) is 62.6 Å². The molecule has 296 valence electrons. The van der Waals surface area contributed by atoms with Gasteiger partial charge >= 0.3 is 24.7 Å². The standard InChI is InChI=1S/C42H22F12N2O2/c43-39(44,45)23-11-15-26(31(19-23)41(49,50)51)21-9-13-28-29-14-10-22(27-16-12-24(40(46,47)48)20-32(27)42(52,53)54)18-35(29)56(34(28)17-21)33-8-4-7-30-36(33)38(58)55(37(30)57)25-5-2-1-3-6-25/h1-20,38,58H. The molecular formula is C42H22F12N2O2. The number of para-hydroxylation sites is 1. The number of carbonyl (C=O) groups is 1. The van der Waals surface area contributed by atoms with Crippen molar-refractivity contribution in [3.05, 3.63) is 155 Å². The Labute approximate surface area is 318 Å². The number of hydrogen-bond donors (Lipinski definition) is 1. The smallest absolute Gasteiger partial charge is 0.369 e. The minimum absolute atomic E-state index is 0.000330. The first-order chi connectivity index (χ1) is 27.1. The van der Waals surface area contributed by atoms with Crippen LogP contribution in [0.3, 0.4) is 0 Å². The van der Waals surface area contributed by atoms with Crippen molar-refractivity contribution in [1.82, 2.24) is 4.57 Å². The number of aliphatic hydroxyl groups excluding tert-OH is 1. The van der Waals surface area contributed by atoms with Crippen LogP contribution < -0.4 is 4.90 Å². The molecule has 2 heterocycles. The molecule has 1 aliphatic rings. The lowest BCUT2D eigenvalue weighted by atomic mass is 9.95. The van der Waals surface area contributed by atoms with E-state index < -0.39 is 70.2 Å². The van der Waals surface area contributed by atoms with E-state index in [1.54, 1.807) is 30.3 Å². The summed E-state index contributed by atoms with van der Waals surface area (Å²) in [4.78, 5) is 14.9. The maximum absolute atomic E-state index is 14.4. The molecule has 0 bridgehead atoms. The van der Waals surface area contributed by atoms with Gasteiger partial charge in [-0.15, -0.1) is 0 Å². The molecule has 0 saturated carbocycles. The summed E-state index contributed by atoms with van der Waals surface area (Å²) < 4.78 is 169. The van der Waals surface area contributed by atoms with Gasteiger partial charge in [0.15, 0.2) is 6.23 Å². The number of nitrogens with zero attached hydrogens (tertiary/aromatic N) is 2. The predicted molar refractivity (Wildman–Crippen MR) is 190 cm³/mol. The van der Waals surface area contributed by atoms with Gasteiger partial charge in [0.05, 0.1) is 39.0 Å². The summed E-state index contributed by atoms with van der Waals surface area (Å²) >= 11 is 0. The van der Waals surface area contributed by atoms with Crippen LogP contribution in [-0.2, 0) is 24.7 Å². The highest BCUT2D eigenvalue weighted by Gasteiger charge is 2.42. The second-order valence-electron chi connectivity index (χ2n) is 13.4. The lowest BCUT2D eigenvalue weighted by Gasteiger charge is -2.22. The van der Waals surface area contributed by atoms with Crippen LogP contribution in [0.25, 0.3) is 49.7 Å². The molecule has 7 aromatic rings. The number of alkyl halides is 12. The van der Waals surface area contributed by atoms with E-state index in [1.807, 2.05) is 0 Å². The number of carbonyl (C=O) groups excluding carboxylic acids is 1. The van der Waals surface area contributed by atoms with Gasteiger partial charge in [0.2, 0.25) is 0 Å². The fourth-order valence-electron chi connectivity index (χ4n) is 7.45. The molecule has 1 atom stereocenters. The number of hydrogen-bond acceptors (Lipinski definition) is 2. The Morgan fingerprint density at radius 1 is 0.483 bits per heavy atom. The van der Waals surface area contributed by atoms with Crippen molar-refractivity contribution in [1.29, 1.82) is 0 Å². The lowest BCUT2D eigenvalue weighted by molar-refractivity contribution is -0.144. The fraction of sp³-hybridized carbons (Fsp3) is 0.119. The van der Waals surface area contributed by atoms with Gasteiger partial charge in [-0.25, -0.2) is 0 Å². The van der Waals surface area contributed by atoms with Crippen molar-refractivity contribution in [2.75, 3.05) is 4.90 Å². The summed E-state index contributed by atoms with van der Waals surface area (Å²) in [5.41, 5.74) is -7.53. The van der Waals surface area contributed by atoms with Crippen molar-refractivity contribution in [3.63, 3.8) is 0 Å². The largest absolute Gasteiger partial charge is 0.417 e. The average Bonchev–Trinajstić information content (AvgIpc) is 3.62. The zero-order valence-corrected chi connectivity index (χ0v) is 28.9. The summed E-state index contributed by atoms with van der Waals surface area (Å²) in [6.45, 7) is 0. The molecule has 1 N–H and O–H groups in total. The molecule has 0 saturated heterocycles. The molecule has 6 aromatic carbocycles. The quantitative estimate of drug-likeness (QED) is 0.180. The van der Waals surface area contributed by atoms with Gasteiger partial charge in [-0.05, 0) is 82.9 Å². The summed E-state index contributed by atoms with van der Waals surface area (Å²) in [7, 11) is 0. The maximum atomic E-state index is 14.4. The van der Waals surface area contributed by atoms with E-state index in [0.29, 0.717) is 24.3 Å². The third-order valence-electron chi connectivity index (χ3n) is 10.0. The van der Waals surface area contributed by atoms with Crippen LogP contribution >= 0.6 is 0 Å². The number of rotatable bonds is 4. The monoisotopic (exact) mass is 814 g/mol. The number of benzene rings is 6. The van der Waals surface area contributed by atoms with E-state index in [1.165, 1.54) is 59.2 Å². The van der Waals surface area contributed by atoms with Crippen molar-refractivity contribution in [2.45, 2.75) is 30.9 Å². The molecule has 0 radical (unpaired) electrons. The molecule has 0 spiro atoms. The van der Waals surface area contributed by atoms with Crippen LogP contribution in [0.15, 0.2) is 121 Å². The lowest BCUT2D eigenvalue weighted by Crippen LogP contribution is -2.27. The van der Waals surface area contributed by atoms with Gasteiger partial charge in [-0.2, -0.15) is 52.7 Å². The predicted octanol–water partition coefficient (Wildman–Crippen LogP) is 12.8. The highest BCUT2D eigenvalue weighted by molar-refractivity contribution is 6.14. The maximum Gasteiger partial charge on any atom is 0.417 e. The zero-order valence-electron chi connectivity index (χ0n) is 28.9. The third kappa shape index (κ3) is 6.40. The first kappa shape index (κ1) is 38.6. The highest BCUT2D eigenvalue weighted by Crippen LogP contribution is 2.47. The molecular weight excluding hydrogens is 792 g/mol. The van der Waals surface area contributed by atoms with Crippen LogP contribution in [0.4, 0.5) is 58.4 Å². The van der Waals surface area contributed by atoms with Crippen LogP contribution in [0.2, 0.25) is 0 Å². The van der Waals surface area contributed by atoms with Crippen LogP contribution in [0.1, 0.15) is 44.4 Å². The summed E-state index contributed by atoms with van der Waals surface area (Å²) in [5.74, 6) is -0.642. The molecule has 58 heavy (non-hydrogen) atoms. The Morgan fingerprint density at radius 2 is 0.966 bits per heavy atom. The average molecular weight is 815 g/mol. The Hall–Kier alpha value is -6.29.